The van der Waals surface area contributed by atoms with Gasteiger partial charge in [-0.2, -0.15) is 0 Å². The molecule has 25 heavy (non-hydrogen) atoms. The van der Waals surface area contributed by atoms with Crippen LogP contribution in [0.4, 0.5) is 4.79 Å². The molecule has 0 N–H and O–H groups in total. The van der Waals surface area contributed by atoms with Gasteiger partial charge in [-0.15, -0.1) is 0 Å². The zero-order valence-corrected chi connectivity index (χ0v) is 14.9. The van der Waals surface area contributed by atoms with Crippen LogP contribution in [-0.2, 0) is 0 Å². The molecule has 0 aromatic heterocycles. The molecule has 2 amide bonds. The van der Waals surface area contributed by atoms with Crippen molar-refractivity contribution in [3.8, 4) is 0 Å². The van der Waals surface area contributed by atoms with E-state index in [1.807, 2.05) is 41.3 Å². The third kappa shape index (κ3) is 4.17. The lowest BCUT2D eigenvalue weighted by atomic mass is 10.0. The number of carbonyl (C=O) groups is 2. The Kier molecular flexibility index (Phi) is 5.34. The summed E-state index contributed by atoms with van der Waals surface area (Å²) < 4.78 is 0. The van der Waals surface area contributed by atoms with Crippen LogP contribution < -0.4 is 0 Å². The number of nitrogens with zero attached hydrogens (tertiary/aromatic N) is 3. The lowest BCUT2D eigenvalue weighted by molar-refractivity contribution is 0.0929. The third-order valence-corrected chi connectivity index (χ3v) is 4.75. The molecule has 1 saturated heterocycles. The quantitative estimate of drug-likeness (QED) is 0.805. The highest BCUT2D eigenvalue weighted by molar-refractivity contribution is 6.00. The van der Waals surface area contributed by atoms with Gasteiger partial charge in [0.25, 0.3) is 0 Å². The largest absolute Gasteiger partial charge is 0.331 e. The van der Waals surface area contributed by atoms with Crippen molar-refractivity contribution in [2.45, 2.75) is 6.42 Å². The first kappa shape index (κ1) is 17.4. The van der Waals surface area contributed by atoms with E-state index in [1.54, 1.807) is 19.0 Å². The molecule has 0 unspecified atom stereocenters. The van der Waals surface area contributed by atoms with E-state index in [4.69, 9.17) is 0 Å². The lowest BCUT2D eigenvalue weighted by Gasteiger charge is -2.35. The molecule has 0 spiro atoms. The second-order valence-electron chi connectivity index (χ2n) is 6.74. The number of piperazine rings is 1. The van der Waals surface area contributed by atoms with E-state index in [-0.39, 0.29) is 11.8 Å². The van der Waals surface area contributed by atoms with Crippen molar-refractivity contribution in [1.29, 1.82) is 0 Å². The third-order valence-electron chi connectivity index (χ3n) is 4.75. The maximum absolute atomic E-state index is 12.5. The standard InChI is InChI=1S/C20H25N3O2/c1-21(2)20(25)23-13-11-22(12-14-23)10-9-19(24)18-8-7-16-5-3-4-6-17(16)15-18/h3-8,15H,9-14H2,1-2H3. The second kappa shape index (κ2) is 7.66. The van der Waals surface area contributed by atoms with Crippen LogP contribution in [0.1, 0.15) is 16.8 Å². The van der Waals surface area contributed by atoms with Crippen LogP contribution in [0.15, 0.2) is 42.5 Å². The van der Waals surface area contributed by atoms with Crippen LogP contribution in [0.3, 0.4) is 0 Å². The van der Waals surface area contributed by atoms with Crippen molar-refractivity contribution in [2.75, 3.05) is 46.8 Å². The van der Waals surface area contributed by atoms with Gasteiger partial charge in [0, 0.05) is 58.8 Å². The van der Waals surface area contributed by atoms with Crippen LogP contribution in [-0.4, -0.2) is 73.3 Å². The highest BCUT2D eigenvalue weighted by Crippen LogP contribution is 2.17. The Labute approximate surface area is 148 Å². The minimum atomic E-state index is 0.0619. The molecular formula is C20H25N3O2. The summed E-state index contributed by atoms with van der Waals surface area (Å²) in [4.78, 5) is 30.2. The monoisotopic (exact) mass is 339 g/mol. The van der Waals surface area contributed by atoms with Crippen LogP contribution in [0.2, 0.25) is 0 Å². The van der Waals surface area contributed by atoms with Gasteiger partial charge in [0.2, 0.25) is 0 Å². The fourth-order valence-corrected chi connectivity index (χ4v) is 3.21. The summed E-state index contributed by atoms with van der Waals surface area (Å²) in [6.45, 7) is 3.84. The maximum atomic E-state index is 12.5. The highest BCUT2D eigenvalue weighted by Gasteiger charge is 2.22. The maximum Gasteiger partial charge on any atom is 0.319 e. The average molecular weight is 339 g/mol. The topological polar surface area (TPSA) is 43.9 Å². The number of Topliss-reactive ketones (excluding diaryl/α,β-unsaturated/α-hetero) is 1. The Morgan fingerprint density at radius 1 is 0.960 bits per heavy atom. The molecule has 1 heterocycles. The molecule has 5 nitrogen and oxygen atoms in total. The van der Waals surface area contributed by atoms with Gasteiger partial charge in [-0.25, -0.2) is 4.79 Å². The van der Waals surface area contributed by atoms with Crippen molar-refractivity contribution in [2.24, 2.45) is 0 Å². The zero-order chi connectivity index (χ0) is 17.8. The van der Waals surface area contributed by atoms with E-state index in [0.717, 1.165) is 49.1 Å². The van der Waals surface area contributed by atoms with Crippen molar-refractivity contribution < 1.29 is 9.59 Å². The van der Waals surface area contributed by atoms with E-state index >= 15 is 0 Å². The summed E-state index contributed by atoms with van der Waals surface area (Å²) >= 11 is 0. The van der Waals surface area contributed by atoms with Crippen molar-refractivity contribution in [3.63, 3.8) is 0 Å². The van der Waals surface area contributed by atoms with Gasteiger partial charge in [-0.05, 0) is 16.8 Å². The Balaban J connectivity index is 1.51. The molecule has 1 aliphatic rings. The van der Waals surface area contributed by atoms with E-state index < -0.39 is 0 Å². The molecular weight excluding hydrogens is 314 g/mol. The first-order valence-corrected chi connectivity index (χ1v) is 8.75. The first-order chi connectivity index (χ1) is 12.0. The molecule has 1 fully saturated rings. The van der Waals surface area contributed by atoms with Gasteiger partial charge in [-0.3, -0.25) is 9.69 Å². The molecule has 5 heteroatoms. The van der Waals surface area contributed by atoms with Crippen molar-refractivity contribution >= 4 is 22.6 Å². The smallest absolute Gasteiger partial charge is 0.319 e. The summed E-state index contributed by atoms with van der Waals surface area (Å²) in [5.74, 6) is 0.178. The van der Waals surface area contributed by atoms with E-state index in [9.17, 15) is 9.59 Å². The van der Waals surface area contributed by atoms with Gasteiger partial charge in [0.15, 0.2) is 5.78 Å². The fraction of sp³-hybridized carbons (Fsp3) is 0.400. The number of hydrogen-bond acceptors (Lipinski definition) is 3. The van der Waals surface area contributed by atoms with Crippen molar-refractivity contribution in [1.82, 2.24) is 14.7 Å². The normalized spacial score (nSPS) is 15.4. The predicted octanol–water partition coefficient (Wildman–Crippen LogP) is 2.71. The Hall–Kier alpha value is -2.40. The summed E-state index contributed by atoms with van der Waals surface area (Å²) in [6.07, 6.45) is 0.514. The summed E-state index contributed by atoms with van der Waals surface area (Å²) in [5.41, 5.74) is 0.778. The average Bonchev–Trinajstić information content (AvgIpc) is 2.65. The Bertz CT molecular complexity index is 764. The molecule has 0 saturated carbocycles. The zero-order valence-electron chi connectivity index (χ0n) is 14.9. The predicted molar refractivity (Wildman–Crippen MR) is 100.0 cm³/mol. The Morgan fingerprint density at radius 2 is 1.64 bits per heavy atom. The molecule has 0 bridgehead atoms. The summed E-state index contributed by atoms with van der Waals surface area (Å²) in [6, 6.07) is 14.0. The van der Waals surface area contributed by atoms with E-state index in [0.29, 0.717) is 6.42 Å². The summed E-state index contributed by atoms with van der Waals surface area (Å²) in [7, 11) is 3.55. The molecule has 1 aliphatic heterocycles. The number of rotatable bonds is 4. The molecule has 0 aliphatic carbocycles. The van der Waals surface area contributed by atoms with Gasteiger partial charge < -0.3 is 9.80 Å². The Morgan fingerprint density at radius 3 is 2.32 bits per heavy atom. The van der Waals surface area contributed by atoms with Crippen LogP contribution in [0.25, 0.3) is 10.8 Å². The van der Waals surface area contributed by atoms with Crippen molar-refractivity contribution in [3.05, 3.63) is 48.0 Å². The number of amides is 2. The van der Waals surface area contributed by atoms with Gasteiger partial charge in [0.1, 0.15) is 0 Å². The minimum absolute atomic E-state index is 0.0619. The van der Waals surface area contributed by atoms with Crippen LogP contribution >= 0.6 is 0 Å². The minimum Gasteiger partial charge on any atom is -0.331 e. The lowest BCUT2D eigenvalue weighted by Crippen LogP contribution is -2.51. The number of ketones is 1. The molecule has 0 atom stereocenters. The molecule has 3 rings (SSSR count). The SMILES string of the molecule is CN(C)C(=O)N1CCN(CCC(=O)c2ccc3ccccc3c2)CC1. The first-order valence-electron chi connectivity index (χ1n) is 8.75. The van der Waals surface area contributed by atoms with Crippen LogP contribution in [0.5, 0.6) is 0 Å². The molecule has 2 aromatic carbocycles. The molecule has 132 valence electrons. The number of benzene rings is 2. The van der Waals surface area contributed by atoms with Gasteiger partial charge in [0.05, 0.1) is 0 Å². The van der Waals surface area contributed by atoms with Crippen LogP contribution in [0, 0.1) is 0 Å². The summed E-state index contributed by atoms with van der Waals surface area (Å²) in [5, 5.41) is 2.25. The highest BCUT2D eigenvalue weighted by atomic mass is 16.2. The number of carbonyl (C=O) groups excluding carboxylic acids is 2. The van der Waals surface area contributed by atoms with Gasteiger partial charge >= 0.3 is 6.03 Å². The number of urea groups is 1. The molecule has 0 radical (unpaired) electrons. The molecule has 2 aromatic rings. The number of fused-ring (bicyclic) bond motifs is 1. The van der Waals surface area contributed by atoms with Gasteiger partial charge in [-0.1, -0.05) is 36.4 Å². The second-order valence-corrected chi connectivity index (χ2v) is 6.74. The van der Waals surface area contributed by atoms with E-state index in [2.05, 4.69) is 11.0 Å². The number of hydrogen-bond donors (Lipinski definition) is 0. The van der Waals surface area contributed by atoms with E-state index in [1.165, 1.54) is 0 Å². The fourth-order valence-electron chi connectivity index (χ4n) is 3.21.